The van der Waals surface area contributed by atoms with Crippen molar-refractivity contribution in [2.24, 2.45) is 0 Å². The molecular formula is C12H17N3O2. The van der Waals surface area contributed by atoms with E-state index in [9.17, 15) is 4.79 Å². The Morgan fingerprint density at radius 2 is 2.00 bits per heavy atom. The van der Waals surface area contributed by atoms with Gasteiger partial charge in [-0.2, -0.15) is 0 Å². The molecule has 0 saturated carbocycles. The summed E-state index contributed by atoms with van der Waals surface area (Å²) >= 11 is 0. The number of aryl methyl sites for hydroxylation is 1. The predicted octanol–water partition coefficient (Wildman–Crippen LogP) is 1.28. The fourth-order valence-electron chi connectivity index (χ4n) is 1.89. The molecule has 92 valence electrons. The third-order valence-electron chi connectivity index (χ3n) is 2.93. The fraction of sp³-hybridized carbons (Fsp3) is 0.500. The number of hydrogen-bond acceptors (Lipinski definition) is 4. The Labute approximate surface area is 101 Å². The second-order valence-corrected chi connectivity index (χ2v) is 4.14. The smallest absolute Gasteiger partial charge is 0.409 e. The number of rotatable bonds is 1. The van der Waals surface area contributed by atoms with E-state index in [2.05, 4.69) is 16.0 Å². The number of ether oxygens (including phenoxy) is 1. The molecule has 1 fully saturated rings. The Bertz CT molecular complexity index is 383. The van der Waals surface area contributed by atoms with E-state index in [-0.39, 0.29) is 6.09 Å². The molecule has 1 saturated heterocycles. The van der Waals surface area contributed by atoms with Crippen LogP contribution in [0.15, 0.2) is 18.3 Å². The summed E-state index contributed by atoms with van der Waals surface area (Å²) in [5.41, 5.74) is 1.15. The molecule has 0 N–H and O–H groups in total. The molecule has 5 heteroatoms. The van der Waals surface area contributed by atoms with Crippen molar-refractivity contribution in [2.45, 2.75) is 6.92 Å². The Balaban J connectivity index is 1.95. The molecule has 0 radical (unpaired) electrons. The summed E-state index contributed by atoms with van der Waals surface area (Å²) in [5, 5.41) is 0. The number of anilines is 1. The zero-order chi connectivity index (χ0) is 12.3. The van der Waals surface area contributed by atoms with Gasteiger partial charge in [-0.3, -0.25) is 0 Å². The first-order chi connectivity index (χ1) is 8.20. The lowest BCUT2D eigenvalue weighted by Gasteiger charge is -2.34. The van der Waals surface area contributed by atoms with E-state index >= 15 is 0 Å². The molecule has 2 heterocycles. The summed E-state index contributed by atoms with van der Waals surface area (Å²) in [4.78, 5) is 19.6. The van der Waals surface area contributed by atoms with Gasteiger partial charge in [0, 0.05) is 32.4 Å². The second kappa shape index (κ2) is 5.03. The van der Waals surface area contributed by atoms with E-state index in [0.717, 1.165) is 24.5 Å². The Morgan fingerprint density at radius 3 is 2.53 bits per heavy atom. The molecule has 1 aromatic rings. The van der Waals surface area contributed by atoms with Gasteiger partial charge in [-0.15, -0.1) is 0 Å². The molecule has 2 rings (SSSR count). The molecule has 0 spiro atoms. The normalized spacial score (nSPS) is 15.9. The Kier molecular flexibility index (Phi) is 3.46. The first-order valence-electron chi connectivity index (χ1n) is 5.71. The maximum atomic E-state index is 11.3. The molecule has 0 unspecified atom stereocenters. The first-order valence-corrected chi connectivity index (χ1v) is 5.71. The SMILES string of the molecule is COC(=O)N1CCN(c2ccc(C)cn2)CC1. The lowest BCUT2D eigenvalue weighted by molar-refractivity contribution is 0.121. The number of carbonyl (C=O) groups excluding carboxylic acids is 1. The summed E-state index contributed by atoms with van der Waals surface area (Å²) in [6, 6.07) is 4.07. The maximum absolute atomic E-state index is 11.3. The van der Waals surface area contributed by atoms with Gasteiger partial charge in [0.15, 0.2) is 0 Å². The van der Waals surface area contributed by atoms with Crippen molar-refractivity contribution in [3.05, 3.63) is 23.9 Å². The topological polar surface area (TPSA) is 45.7 Å². The third kappa shape index (κ3) is 2.67. The number of nitrogens with zero attached hydrogens (tertiary/aromatic N) is 3. The molecule has 0 bridgehead atoms. The molecule has 5 nitrogen and oxygen atoms in total. The van der Waals surface area contributed by atoms with E-state index in [1.54, 1.807) is 4.90 Å². The van der Waals surface area contributed by atoms with Crippen LogP contribution in [0.2, 0.25) is 0 Å². The summed E-state index contributed by atoms with van der Waals surface area (Å²) in [6.45, 7) is 4.98. The van der Waals surface area contributed by atoms with Gasteiger partial charge in [0.25, 0.3) is 0 Å². The molecule has 0 aromatic carbocycles. The zero-order valence-corrected chi connectivity index (χ0v) is 10.2. The highest BCUT2D eigenvalue weighted by molar-refractivity contribution is 5.67. The average molecular weight is 235 g/mol. The average Bonchev–Trinajstić information content (AvgIpc) is 2.39. The van der Waals surface area contributed by atoms with Crippen LogP contribution in [-0.2, 0) is 4.74 Å². The first kappa shape index (κ1) is 11.7. The number of hydrogen-bond donors (Lipinski definition) is 0. The van der Waals surface area contributed by atoms with Gasteiger partial charge in [-0.05, 0) is 18.6 Å². The van der Waals surface area contributed by atoms with Crippen molar-refractivity contribution in [2.75, 3.05) is 38.2 Å². The van der Waals surface area contributed by atoms with Crippen LogP contribution in [0.4, 0.5) is 10.6 Å². The van der Waals surface area contributed by atoms with Gasteiger partial charge in [-0.1, -0.05) is 6.07 Å². The maximum Gasteiger partial charge on any atom is 0.409 e. The van der Waals surface area contributed by atoms with Gasteiger partial charge in [0.2, 0.25) is 0 Å². The molecular weight excluding hydrogens is 218 g/mol. The van der Waals surface area contributed by atoms with Gasteiger partial charge >= 0.3 is 6.09 Å². The lowest BCUT2D eigenvalue weighted by atomic mass is 10.3. The van der Waals surface area contributed by atoms with E-state index in [4.69, 9.17) is 4.74 Å². The standard InChI is InChI=1S/C12H17N3O2/c1-10-3-4-11(13-9-10)14-5-7-15(8-6-14)12(16)17-2/h3-4,9H,5-8H2,1-2H3. The number of pyridine rings is 1. The van der Waals surface area contributed by atoms with E-state index in [0.29, 0.717) is 13.1 Å². The number of aromatic nitrogens is 1. The van der Waals surface area contributed by atoms with Gasteiger partial charge < -0.3 is 14.5 Å². The van der Waals surface area contributed by atoms with Crippen LogP contribution in [0.3, 0.4) is 0 Å². The third-order valence-corrected chi connectivity index (χ3v) is 2.93. The van der Waals surface area contributed by atoms with Crippen LogP contribution in [0.5, 0.6) is 0 Å². The van der Waals surface area contributed by atoms with Crippen LogP contribution in [0, 0.1) is 6.92 Å². The second-order valence-electron chi connectivity index (χ2n) is 4.14. The number of methoxy groups -OCH3 is 1. The quantitative estimate of drug-likeness (QED) is 0.735. The molecule has 17 heavy (non-hydrogen) atoms. The van der Waals surface area contributed by atoms with Crippen LogP contribution in [0.1, 0.15) is 5.56 Å². The van der Waals surface area contributed by atoms with Crippen molar-refractivity contribution >= 4 is 11.9 Å². The van der Waals surface area contributed by atoms with E-state index in [1.165, 1.54) is 7.11 Å². The highest BCUT2D eigenvalue weighted by Gasteiger charge is 2.21. The van der Waals surface area contributed by atoms with Crippen molar-refractivity contribution in [3.63, 3.8) is 0 Å². The molecule has 0 aliphatic carbocycles. The fourth-order valence-corrected chi connectivity index (χ4v) is 1.89. The van der Waals surface area contributed by atoms with Gasteiger partial charge in [-0.25, -0.2) is 9.78 Å². The monoisotopic (exact) mass is 235 g/mol. The predicted molar refractivity (Wildman–Crippen MR) is 65.2 cm³/mol. The van der Waals surface area contributed by atoms with Crippen molar-refractivity contribution in [1.82, 2.24) is 9.88 Å². The minimum absolute atomic E-state index is 0.249. The van der Waals surface area contributed by atoms with Crippen LogP contribution in [-0.4, -0.2) is 49.3 Å². The molecule has 1 aromatic heterocycles. The van der Waals surface area contributed by atoms with Crippen LogP contribution >= 0.6 is 0 Å². The van der Waals surface area contributed by atoms with Crippen LogP contribution < -0.4 is 4.90 Å². The highest BCUT2D eigenvalue weighted by Crippen LogP contribution is 2.14. The number of carbonyl (C=O) groups is 1. The summed E-state index contributed by atoms with van der Waals surface area (Å²) in [6.07, 6.45) is 1.61. The van der Waals surface area contributed by atoms with Crippen molar-refractivity contribution < 1.29 is 9.53 Å². The van der Waals surface area contributed by atoms with Gasteiger partial charge in [0.1, 0.15) is 5.82 Å². The highest BCUT2D eigenvalue weighted by atomic mass is 16.5. The Hall–Kier alpha value is -1.78. The minimum Gasteiger partial charge on any atom is -0.453 e. The van der Waals surface area contributed by atoms with E-state index in [1.807, 2.05) is 19.2 Å². The molecule has 1 aliphatic heterocycles. The number of piperazine rings is 1. The summed E-state index contributed by atoms with van der Waals surface area (Å²) in [7, 11) is 1.41. The molecule has 1 aliphatic rings. The van der Waals surface area contributed by atoms with E-state index < -0.39 is 0 Å². The molecule has 1 amide bonds. The number of amides is 1. The largest absolute Gasteiger partial charge is 0.453 e. The van der Waals surface area contributed by atoms with Crippen molar-refractivity contribution in [3.8, 4) is 0 Å². The Morgan fingerprint density at radius 1 is 1.29 bits per heavy atom. The summed E-state index contributed by atoms with van der Waals surface area (Å²) < 4.78 is 4.70. The zero-order valence-electron chi connectivity index (χ0n) is 10.2. The molecule has 0 atom stereocenters. The lowest BCUT2D eigenvalue weighted by Crippen LogP contribution is -2.49. The summed E-state index contributed by atoms with van der Waals surface area (Å²) in [5.74, 6) is 0.972. The van der Waals surface area contributed by atoms with Crippen molar-refractivity contribution in [1.29, 1.82) is 0 Å². The van der Waals surface area contributed by atoms with Crippen LogP contribution in [0.25, 0.3) is 0 Å². The van der Waals surface area contributed by atoms with Gasteiger partial charge in [0.05, 0.1) is 7.11 Å². The minimum atomic E-state index is -0.249.